The highest BCUT2D eigenvalue weighted by atomic mass is 19.1. The molecule has 1 heterocycles. The molecule has 0 radical (unpaired) electrons. The Hall–Kier alpha value is -1.70. The molecule has 26 heavy (non-hydrogen) atoms. The topological polar surface area (TPSA) is 79.2 Å². The molecule has 0 saturated carbocycles. The highest BCUT2D eigenvalue weighted by molar-refractivity contribution is 5.77. The molecule has 6 nitrogen and oxygen atoms in total. The van der Waals surface area contributed by atoms with Crippen LogP contribution in [0.2, 0.25) is 0 Å². The smallest absolute Gasteiger partial charge is 0.248 e. The molecular formula is C19H28FNO5. The Morgan fingerprint density at radius 2 is 2.08 bits per heavy atom. The number of aryl methyl sites for hydroxylation is 1. The van der Waals surface area contributed by atoms with Crippen LogP contribution in [-0.2, 0) is 16.0 Å². The van der Waals surface area contributed by atoms with Gasteiger partial charge < -0.3 is 24.6 Å². The third-order valence-electron chi connectivity index (χ3n) is 4.57. The lowest BCUT2D eigenvalue weighted by Crippen LogP contribution is -2.40. The number of fused-ring (bicyclic) bond motifs is 1. The van der Waals surface area contributed by atoms with Gasteiger partial charge in [0.25, 0.3) is 0 Å². The Balaban J connectivity index is 2.08. The van der Waals surface area contributed by atoms with Crippen molar-refractivity contribution in [2.24, 2.45) is 0 Å². The fraction of sp³-hybridized carbons (Fsp3) is 0.632. The molecular weight excluding hydrogens is 341 g/mol. The van der Waals surface area contributed by atoms with Gasteiger partial charge in [-0.1, -0.05) is 6.42 Å². The van der Waals surface area contributed by atoms with Crippen molar-refractivity contribution in [3.05, 3.63) is 29.6 Å². The van der Waals surface area contributed by atoms with E-state index in [0.29, 0.717) is 25.3 Å². The maximum Gasteiger partial charge on any atom is 0.248 e. The summed E-state index contributed by atoms with van der Waals surface area (Å²) in [5.74, 6) is 0.0712. The molecule has 2 N–H and O–H groups in total. The maximum atomic E-state index is 13.5. The van der Waals surface area contributed by atoms with Gasteiger partial charge in [0.05, 0.1) is 6.10 Å². The highest BCUT2D eigenvalue weighted by Gasteiger charge is 2.21. The van der Waals surface area contributed by atoms with Gasteiger partial charge in [0.2, 0.25) is 5.91 Å². The number of nitrogens with zero attached hydrogens (tertiary/aromatic N) is 1. The molecule has 0 unspecified atom stereocenters. The number of benzene rings is 1. The minimum Gasteiger partial charge on any atom is -0.491 e. The average molecular weight is 369 g/mol. The zero-order valence-corrected chi connectivity index (χ0v) is 15.2. The first kappa shape index (κ1) is 20.6. The molecule has 1 aliphatic heterocycles. The molecule has 0 aliphatic carbocycles. The Kier molecular flexibility index (Phi) is 8.28. The van der Waals surface area contributed by atoms with Gasteiger partial charge in [-0.05, 0) is 49.4 Å². The second-order valence-electron chi connectivity index (χ2n) is 6.61. The van der Waals surface area contributed by atoms with Crippen LogP contribution >= 0.6 is 0 Å². The minimum atomic E-state index is -1.09. The average Bonchev–Trinajstić information content (AvgIpc) is 2.62. The number of rotatable bonds is 2. The molecule has 0 aromatic heterocycles. The molecule has 146 valence electrons. The van der Waals surface area contributed by atoms with Crippen LogP contribution in [0.4, 0.5) is 4.39 Å². The second kappa shape index (κ2) is 10.4. The van der Waals surface area contributed by atoms with E-state index in [4.69, 9.17) is 9.47 Å². The van der Waals surface area contributed by atoms with Crippen molar-refractivity contribution >= 4 is 5.91 Å². The summed E-state index contributed by atoms with van der Waals surface area (Å²) in [5, 5.41) is 20.3. The number of hydrogen-bond acceptors (Lipinski definition) is 5. The Labute approximate surface area is 153 Å². The molecule has 0 spiro atoms. The highest BCUT2D eigenvalue weighted by Crippen LogP contribution is 2.23. The first-order valence-corrected chi connectivity index (χ1v) is 9.05. The van der Waals surface area contributed by atoms with E-state index < -0.39 is 12.2 Å². The van der Waals surface area contributed by atoms with E-state index in [1.54, 1.807) is 11.0 Å². The van der Waals surface area contributed by atoms with Gasteiger partial charge in [-0.15, -0.1) is 0 Å². The number of amides is 1. The normalized spacial score (nSPS) is 22.8. The van der Waals surface area contributed by atoms with Crippen molar-refractivity contribution in [3.8, 4) is 5.75 Å². The van der Waals surface area contributed by atoms with Gasteiger partial charge >= 0.3 is 0 Å². The Bertz CT molecular complexity index is 583. The van der Waals surface area contributed by atoms with Crippen molar-refractivity contribution in [1.29, 1.82) is 0 Å². The quantitative estimate of drug-likeness (QED) is 0.826. The number of aliphatic hydroxyl groups excluding tert-OH is 2. The lowest BCUT2D eigenvalue weighted by atomic mass is 10.0. The molecule has 0 saturated heterocycles. The molecule has 2 atom stereocenters. The summed E-state index contributed by atoms with van der Waals surface area (Å²) in [6.07, 6.45) is 1.33. The van der Waals surface area contributed by atoms with Crippen LogP contribution in [0.5, 0.6) is 5.75 Å². The number of aliphatic hydroxyl groups is 2. The number of halogens is 1. The molecule has 7 heteroatoms. The van der Waals surface area contributed by atoms with Crippen molar-refractivity contribution < 1.29 is 28.9 Å². The van der Waals surface area contributed by atoms with Crippen LogP contribution in [0.3, 0.4) is 0 Å². The van der Waals surface area contributed by atoms with Gasteiger partial charge in [-0.3, -0.25) is 4.79 Å². The third-order valence-corrected chi connectivity index (χ3v) is 4.57. The minimum absolute atomic E-state index is 0.00554. The number of methoxy groups -OCH3 is 1. The van der Waals surface area contributed by atoms with Crippen molar-refractivity contribution in [2.75, 3.05) is 33.4 Å². The summed E-state index contributed by atoms with van der Waals surface area (Å²) in [4.78, 5) is 13.8. The summed E-state index contributed by atoms with van der Waals surface area (Å²) < 4.78 is 24.0. The summed E-state index contributed by atoms with van der Waals surface area (Å²) >= 11 is 0. The van der Waals surface area contributed by atoms with E-state index in [9.17, 15) is 19.4 Å². The van der Waals surface area contributed by atoms with E-state index in [2.05, 4.69) is 0 Å². The maximum absolute atomic E-state index is 13.5. The Morgan fingerprint density at radius 3 is 2.85 bits per heavy atom. The second-order valence-corrected chi connectivity index (χ2v) is 6.61. The zero-order valence-electron chi connectivity index (χ0n) is 15.2. The van der Waals surface area contributed by atoms with Crippen LogP contribution < -0.4 is 4.74 Å². The van der Waals surface area contributed by atoms with E-state index in [1.807, 2.05) is 0 Å². The van der Waals surface area contributed by atoms with Crippen LogP contribution in [0, 0.1) is 5.82 Å². The first-order chi connectivity index (χ1) is 12.5. The van der Waals surface area contributed by atoms with Crippen LogP contribution in [-0.4, -0.2) is 66.6 Å². The predicted molar refractivity (Wildman–Crippen MR) is 94.5 cm³/mol. The van der Waals surface area contributed by atoms with E-state index >= 15 is 0 Å². The summed E-state index contributed by atoms with van der Waals surface area (Å²) in [6, 6.07) is 4.32. The molecule has 0 fully saturated rings. The lowest BCUT2D eigenvalue weighted by Gasteiger charge is -2.26. The van der Waals surface area contributed by atoms with Crippen LogP contribution in [0.25, 0.3) is 0 Å². The monoisotopic (exact) mass is 369 g/mol. The number of carbonyl (C=O) groups is 1. The standard InChI is InChI=1S/C19H28FNO5/c1-25-13-19(24)21-9-4-2-3-5-14-11-15(20)6-7-18(14)26-12-17(23)16(22)8-10-21/h6-7,11,16-17,22-23H,2-5,8-10,12-13H2,1H3/t16-,17+/m0/s1. The fourth-order valence-electron chi connectivity index (χ4n) is 3.02. The van der Waals surface area contributed by atoms with E-state index in [1.165, 1.54) is 19.2 Å². The van der Waals surface area contributed by atoms with Crippen molar-refractivity contribution in [2.45, 2.75) is 44.3 Å². The third kappa shape index (κ3) is 6.23. The lowest BCUT2D eigenvalue weighted by molar-refractivity contribution is -0.135. The Morgan fingerprint density at radius 1 is 1.27 bits per heavy atom. The van der Waals surface area contributed by atoms with Gasteiger partial charge in [-0.25, -0.2) is 4.39 Å². The zero-order chi connectivity index (χ0) is 18.9. The molecule has 0 bridgehead atoms. The van der Waals surface area contributed by atoms with E-state index in [0.717, 1.165) is 24.8 Å². The summed E-state index contributed by atoms with van der Waals surface area (Å²) in [6.45, 7) is 0.819. The van der Waals surface area contributed by atoms with E-state index in [-0.39, 0.29) is 31.4 Å². The molecule has 1 aromatic carbocycles. The van der Waals surface area contributed by atoms with Gasteiger partial charge in [0.1, 0.15) is 30.9 Å². The summed E-state index contributed by atoms with van der Waals surface area (Å²) in [7, 11) is 1.47. The molecule has 2 rings (SSSR count). The number of carbonyl (C=O) groups excluding carboxylic acids is 1. The van der Waals surface area contributed by atoms with Gasteiger partial charge in [0, 0.05) is 20.2 Å². The summed E-state index contributed by atoms with van der Waals surface area (Å²) in [5.41, 5.74) is 0.746. The van der Waals surface area contributed by atoms with Crippen molar-refractivity contribution in [1.82, 2.24) is 4.90 Å². The predicted octanol–water partition coefficient (Wildman–Crippen LogP) is 1.52. The number of hydrogen-bond donors (Lipinski definition) is 2. The van der Waals surface area contributed by atoms with Crippen molar-refractivity contribution in [3.63, 3.8) is 0 Å². The molecule has 1 aliphatic rings. The van der Waals surface area contributed by atoms with Gasteiger partial charge in [0.15, 0.2) is 0 Å². The first-order valence-electron chi connectivity index (χ1n) is 9.05. The number of ether oxygens (including phenoxy) is 2. The van der Waals surface area contributed by atoms with Crippen LogP contribution in [0.1, 0.15) is 31.2 Å². The van der Waals surface area contributed by atoms with Gasteiger partial charge in [-0.2, -0.15) is 0 Å². The largest absolute Gasteiger partial charge is 0.491 e. The molecule has 1 aromatic rings. The SMILES string of the molecule is COCC(=O)N1CCCCCc2cc(F)ccc2OC[C@@H](O)[C@@H](O)CC1. The fourth-order valence-corrected chi connectivity index (χ4v) is 3.02. The molecule has 1 amide bonds. The van der Waals surface area contributed by atoms with Crippen LogP contribution in [0.15, 0.2) is 18.2 Å².